The minimum Gasteiger partial charge on any atom is -0.286 e. The summed E-state index contributed by atoms with van der Waals surface area (Å²) in [5.74, 6) is -0.0913. The fourth-order valence-corrected chi connectivity index (χ4v) is 1.46. The molecule has 0 saturated heterocycles. The number of anilines is 1. The van der Waals surface area contributed by atoms with Crippen LogP contribution in [-0.2, 0) is 4.79 Å². The van der Waals surface area contributed by atoms with E-state index in [2.05, 4.69) is 6.58 Å². The highest BCUT2D eigenvalue weighted by molar-refractivity contribution is 5.96. The van der Waals surface area contributed by atoms with E-state index in [4.69, 9.17) is 0 Å². The zero-order chi connectivity index (χ0) is 13.0. The van der Waals surface area contributed by atoms with Crippen molar-refractivity contribution in [2.24, 2.45) is 0 Å². The third kappa shape index (κ3) is 2.90. The predicted molar refractivity (Wildman–Crippen MR) is 65.7 cm³/mol. The molecule has 17 heavy (non-hydrogen) atoms. The van der Waals surface area contributed by atoms with Crippen LogP contribution in [0.4, 0.5) is 11.4 Å². The van der Waals surface area contributed by atoms with Gasteiger partial charge in [-0.1, -0.05) is 13.5 Å². The number of benzene rings is 1. The summed E-state index contributed by atoms with van der Waals surface area (Å²) in [6.07, 6.45) is 0.351. The molecule has 5 nitrogen and oxygen atoms in total. The van der Waals surface area contributed by atoms with Gasteiger partial charge in [-0.05, 0) is 19.1 Å². The number of allylic oxidation sites excluding steroid dienone is 1. The maximum Gasteiger partial charge on any atom is 0.269 e. The number of non-ortho nitro benzene ring substituents is 1. The van der Waals surface area contributed by atoms with E-state index in [1.165, 1.54) is 17.0 Å². The lowest BCUT2D eigenvalue weighted by atomic mass is 10.2. The molecule has 0 aliphatic heterocycles. The average Bonchev–Trinajstić information content (AvgIpc) is 2.29. The smallest absolute Gasteiger partial charge is 0.269 e. The van der Waals surface area contributed by atoms with Gasteiger partial charge in [0.15, 0.2) is 0 Å². The molecule has 0 aromatic heterocycles. The molecular weight excluding hydrogens is 220 g/mol. The number of hydrogen-bond donors (Lipinski definition) is 0. The number of nitro groups is 1. The van der Waals surface area contributed by atoms with Crippen LogP contribution in [-0.4, -0.2) is 10.8 Å². The summed E-state index contributed by atoms with van der Waals surface area (Å²) < 4.78 is 0. The third-order valence-electron chi connectivity index (χ3n) is 2.25. The first-order chi connectivity index (χ1) is 7.97. The molecule has 0 bridgehead atoms. The highest BCUT2D eigenvalue weighted by Gasteiger charge is 2.15. The molecule has 1 aromatic rings. The lowest BCUT2D eigenvalue weighted by Crippen LogP contribution is -2.27. The number of carbonyl (C=O) groups is 1. The largest absolute Gasteiger partial charge is 0.286 e. The van der Waals surface area contributed by atoms with Gasteiger partial charge in [-0.2, -0.15) is 0 Å². The van der Waals surface area contributed by atoms with E-state index in [1.807, 2.05) is 0 Å². The maximum absolute atomic E-state index is 11.7. The molecule has 1 amide bonds. The first-order valence-electron chi connectivity index (χ1n) is 5.20. The zero-order valence-corrected chi connectivity index (χ0v) is 9.84. The Kier molecular flexibility index (Phi) is 3.98. The first kappa shape index (κ1) is 12.9. The molecule has 0 unspecified atom stereocenters. The Morgan fingerprint density at radius 1 is 1.41 bits per heavy atom. The zero-order valence-electron chi connectivity index (χ0n) is 9.84. The van der Waals surface area contributed by atoms with Crippen molar-refractivity contribution in [1.82, 2.24) is 0 Å². The number of hydrogen-bond acceptors (Lipinski definition) is 3. The highest BCUT2D eigenvalue weighted by atomic mass is 16.6. The summed E-state index contributed by atoms with van der Waals surface area (Å²) in [6.45, 7) is 7.20. The van der Waals surface area contributed by atoms with Crippen LogP contribution in [0, 0.1) is 10.1 Å². The Hall–Kier alpha value is -2.17. The molecule has 1 aromatic carbocycles. The van der Waals surface area contributed by atoms with E-state index in [9.17, 15) is 14.9 Å². The van der Waals surface area contributed by atoms with E-state index in [0.29, 0.717) is 17.8 Å². The summed E-state index contributed by atoms with van der Waals surface area (Å²) in [5.41, 5.74) is 1.18. The van der Waals surface area contributed by atoms with E-state index < -0.39 is 4.92 Å². The van der Waals surface area contributed by atoms with Gasteiger partial charge in [-0.15, -0.1) is 0 Å². The molecule has 0 saturated carbocycles. The van der Waals surface area contributed by atoms with Crippen LogP contribution >= 0.6 is 0 Å². The van der Waals surface area contributed by atoms with Gasteiger partial charge in [0.25, 0.3) is 5.69 Å². The van der Waals surface area contributed by atoms with Gasteiger partial charge in [0.2, 0.25) is 5.91 Å². The molecule has 0 fully saturated rings. The Balaban J connectivity index is 3.08. The maximum atomic E-state index is 11.7. The van der Waals surface area contributed by atoms with Gasteiger partial charge in [0.05, 0.1) is 4.92 Å². The van der Waals surface area contributed by atoms with Crippen LogP contribution < -0.4 is 4.90 Å². The Bertz CT molecular complexity index is 451. The van der Waals surface area contributed by atoms with Crippen LogP contribution in [0.5, 0.6) is 0 Å². The molecule has 0 spiro atoms. The van der Waals surface area contributed by atoms with Gasteiger partial charge in [0.1, 0.15) is 0 Å². The molecule has 0 aliphatic rings. The summed E-state index contributed by atoms with van der Waals surface area (Å²) in [6, 6.07) is 5.82. The number of carbonyl (C=O) groups excluding carboxylic acids is 1. The predicted octanol–water partition coefficient (Wildman–Crippen LogP) is 2.87. The molecule has 0 atom stereocenters. The Morgan fingerprint density at radius 3 is 2.29 bits per heavy atom. The van der Waals surface area contributed by atoms with E-state index in [-0.39, 0.29) is 11.6 Å². The second kappa shape index (κ2) is 5.25. The van der Waals surface area contributed by atoms with Crippen LogP contribution in [0.3, 0.4) is 0 Å². The first-order valence-corrected chi connectivity index (χ1v) is 5.20. The van der Waals surface area contributed by atoms with Crippen molar-refractivity contribution in [2.45, 2.75) is 20.3 Å². The Morgan fingerprint density at radius 2 is 1.94 bits per heavy atom. The van der Waals surface area contributed by atoms with Gasteiger partial charge >= 0.3 is 0 Å². The topological polar surface area (TPSA) is 63.5 Å². The second-order valence-corrected chi connectivity index (χ2v) is 3.59. The van der Waals surface area contributed by atoms with Crippen LogP contribution in [0.2, 0.25) is 0 Å². The minimum atomic E-state index is -0.476. The third-order valence-corrected chi connectivity index (χ3v) is 2.25. The number of rotatable bonds is 4. The molecule has 90 valence electrons. The van der Waals surface area contributed by atoms with Crippen molar-refractivity contribution >= 4 is 17.3 Å². The minimum absolute atomic E-state index is 0.000590. The van der Waals surface area contributed by atoms with E-state index >= 15 is 0 Å². The van der Waals surface area contributed by atoms with Crippen molar-refractivity contribution in [3.8, 4) is 0 Å². The quantitative estimate of drug-likeness (QED) is 0.594. The number of nitro benzene ring substituents is 1. The van der Waals surface area contributed by atoms with Crippen molar-refractivity contribution in [3.05, 3.63) is 46.7 Å². The summed E-state index contributed by atoms with van der Waals surface area (Å²) in [4.78, 5) is 23.2. The van der Waals surface area contributed by atoms with Gasteiger partial charge in [0, 0.05) is 29.9 Å². The fourth-order valence-electron chi connectivity index (χ4n) is 1.46. The standard InChI is InChI=1S/C12H14N2O3/c1-4-12(15)13(9(2)3)10-5-7-11(8-6-10)14(16)17/h5-8H,2,4H2,1,3H3. The van der Waals surface area contributed by atoms with Gasteiger partial charge < -0.3 is 0 Å². The molecule has 0 radical (unpaired) electrons. The van der Waals surface area contributed by atoms with Gasteiger partial charge in [-0.3, -0.25) is 19.8 Å². The van der Waals surface area contributed by atoms with Gasteiger partial charge in [-0.25, -0.2) is 0 Å². The summed E-state index contributed by atoms with van der Waals surface area (Å²) in [5, 5.41) is 10.5. The SMILES string of the molecule is C=C(C)N(C(=O)CC)c1ccc([N+](=O)[O-])cc1. The molecule has 0 aliphatic carbocycles. The average molecular weight is 234 g/mol. The monoisotopic (exact) mass is 234 g/mol. The second-order valence-electron chi connectivity index (χ2n) is 3.59. The summed E-state index contributed by atoms with van der Waals surface area (Å²) in [7, 11) is 0. The van der Waals surface area contributed by atoms with Crippen LogP contribution in [0.25, 0.3) is 0 Å². The molecule has 5 heteroatoms. The van der Waals surface area contributed by atoms with Crippen molar-refractivity contribution in [2.75, 3.05) is 4.90 Å². The fraction of sp³-hybridized carbons (Fsp3) is 0.250. The number of amides is 1. The van der Waals surface area contributed by atoms with Crippen LogP contribution in [0.15, 0.2) is 36.5 Å². The molecular formula is C12H14N2O3. The Labute approximate surface area is 99.5 Å². The number of nitrogens with zero attached hydrogens (tertiary/aromatic N) is 2. The van der Waals surface area contributed by atoms with Crippen molar-refractivity contribution in [1.29, 1.82) is 0 Å². The lowest BCUT2D eigenvalue weighted by Gasteiger charge is -2.21. The molecule has 0 heterocycles. The van der Waals surface area contributed by atoms with E-state index in [1.54, 1.807) is 26.0 Å². The molecule has 0 N–H and O–H groups in total. The van der Waals surface area contributed by atoms with Crippen molar-refractivity contribution < 1.29 is 9.72 Å². The molecule has 1 rings (SSSR count). The highest BCUT2D eigenvalue weighted by Crippen LogP contribution is 2.22. The normalized spacial score (nSPS) is 9.76. The van der Waals surface area contributed by atoms with E-state index in [0.717, 1.165) is 0 Å². The van der Waals surface area contributed by atoms with Crippen molar-refractivity contribution in [3.63, 3.8) is 0 Å². The van der Waals surface area contributed by atoms with Crippen LogP contribution in [0.1, 0.15) is 20.3 Å². The lowest BCUT2D eigenvalue weighted by molar-refractivity contribution is -0.384. The summed E-state index contributed by atoms with van der Waals surface area (Å²) >= 11 is 0.